The van der Waals surface area contributed by atoms with Gasteiger partial charge in [0.05, 0.1) is 6.10 Å². The zero-order chi connectivity index (χ0) is 16.1. The molecule has 0 radical (unpaired) electrons. The number of allylic oxidation sites excluding steroid dienone is 3. The van der Waals surface area contributed by atoms with Gasteiger partial charge in [-0.1, -0.05) is 46.3 Å². The summed E-state index contributed by atoms with van der Waals surface area (Å²) in [5.41, 5.74) is 2.92. The van der Waals surface area contributed by atoms with E-state index < -0.39 is 0 Å². The van der Waals surface area contributed by atoms with E-state index >= 15 is 0 Å². The fourth-order valence-corrected chi connectivity index (χ4v) is 5.72. The molecule has 0 aromatic rings. The first-order valence-corrected chi connectivity index (χ1v) is 9.02. The normalized spacial score (nSPS) is 45.0. The Morgan fingerprint density at radius 2 is 2.00 bits per heavy atom. The molecule has 0 amide bonds. The van der Waals surface area contributed by atoms with Crippen LogP contribution in [-0.2, 0) is 0 Å². The van der Waals surface area contributed by atoms with Crippen LogP contribution in [-0.4, -0.2) is 22.9 Å². The fourth-order valence-electron chi connectivity index (χ4n) is 5.72. The van der Waals surface area contributed by atoms with Crippen molar-refractivity contribution in [2.45, 2.75) is 65.9 Å². The summed E-state index contributed by atoms with van der Waals surface area (Å²) in [7, 11) is 0. The molecule has 0 bridgehead atoms. The molecule has 0 aromatic heterocycles. The number of aliphatic hydroxyl groups excluding tert-OH is 2. The van der Waals surface area contributed by atoms with Gasteiger partial charge in [-0.2, -0.15) is 0 Å². The van der Waals surface area contributed by atoms with E-state index in [9.17, 15) is 10.2 Å². The topological polar surface area (TPSA) is 40.5 Å². The second-order valence-electron chi connectivity index (χ2n) is 8.77. The summed E-state index contributed by atoms with van der Waals surface area (Å²) in [6.07, 6.45) is 9.91. The lowest BCUT2D eigenvalue weighted by atomic mass is 9.47. The van der Waals surface area contributed by atoms with Gasteiger partial charge in [0.25, 0.3) is 0 Å². The smallest absolute Gasteiger partial charge is 0.0761 e. The molecule has 2 nitrogen and oxygen atoms in total. The summed E-state index contributed by atoms with van der Waals surface area (Å²) < 4.78 is 0. The molecule has 1 fully saturated rings. The van der Waals surface area contributed by atoms with Crippen molar-refractivity contribution >= 4 is 0 Å². The molecular weight excluding hydrogens is 272 g/mol. The third-order valence-corrected chi connectivity index (χ3v) is 7.09. The highest BCUT2D eigenvalue weighted by Gasteiger charge is 2.54. The minimum Gasteiger partial charge on any atom is -0.396 e. The number of aliphatic hydroxyl groups is 2. The highest BCUT2D eigenvalue weighted by atomic mass is 16.3. The molecule has 0 aromatic carbocycles. The summed E-state index contributed by atoms with van der Waals surface area (Å²) in [5.74, 6) is 1.40. The van der Waals surface area contributed by atoms with Crippen molar-refractivity contribution in [2.75, 3.05) is 6.61 Å². The highest BCUT2D eigenvalue weighted by molar-refractivity contribution is 5.37. The van der Waals surface area contributed by atoms with Crippen molar-refractivity contribution in [2.24, 2.45) is 28.6 Å². The van der Waals surface area contributed by atoms with Crippen LogP contribution in [0.5, 0.6) is 0 Å². The maximum Gasteiger partial charge on any atom is 0.0761 e. The third kappa shape index (κ3) is 2.30. The van der Waals surface area contributed by atoms with Crippen LogP contribution in [0.3, 0.4) is 0 Å². The lowest BCUT2D eigenvalue weighted by Gasteiger charge is -2.58. The zero-order valence-electron chi connectivity index (χ0n) is 14.6. The summed E-state index contributed by atoms with van der Waals surface area (Å²) in [4.78, 5) is 0. The molecule has 0 aliphatic heterocycles. The number of hydrogen-bond acceptors (Lipinski definition) is 2. The van der Waals surface area contributed by atoms with E-state index in [1.54, 1.807) is 0 Å². The summed E-state index contributed by atoms with van der Waals surface area (Å²) in [6, 6.07) is 0. The first-order valence-electron chi connectivity index (χ1n) is 9.02. The fraction of sp³-hybridized carbons (Fsp3) is 0.800. The van der Waals surface area contributed by atoms with Gasteiger partial charge in [-0.15, -0.1) is 0 Å². The molecule has 1 saturated carbocycles. The van der Waals surface area contributed by atoms with Crippen LogP contribution in [0.1, 0.15) is 59.8 Å². The molecule has 3 rings (SSSR count). The van der Waals surface area contributed by atoms with Gasteiger partial charge in [-0.3, -0.25) is 0 Å². The van der Waals surface area contributed by atoms with Crippen LogP contribution >= 0.6 is 0 Å². The third-order valence-electron chi connectivity index (χ3n) is 7.09. The summed E-state index contributed by atoms with van der Waals surface area (Å²) >= 11 is 0. The predicted molar refractivity (Wildman–Crippen MR) is 90.4 cm³/mol. The quantitative estimate of drug-likeness (QED) is 0.807. The van der Waals surface area contributed by atoms with Crippen molar-refractivity contribution < 1.29 is 10.2 Å². The number of rotatable bonds is 2. The summed E-state index contributed by atoms with van der Waals surface area (Å²) in [5, 5.41) is 20.6. The first-order chi connectivity index (χ1) is 10.3. The van der Waals surface area contributed by atoms with Crippen LogP contribution in [0.2, 0.25) is 0 Å². The molecule has 3 aliphatic carbocycles. The second kappa shape index (κ2) is 5.49. The molecule has 124 valence electrons. The zero-order valence-corrected chi connectivity index (χ0v) is 14.6. The molecule has 22 heavy (non-hydrogen) atoms. The number of hydrogen-bond donors (Lipinski definition) is 2. The van der Waals surface area contributed by atoms with Crippen LogP contribution in [0.15, 0.2) is 23.3 Å². The van der Waals surface area contributed by atoms with Crippen molar-refractivity contribution in [3.05, 3.63) is 23.3 Å². The molecule has 0 unspecified atom stereocenters. The van der Waals surface area contributed by atoms with Crippen LogP contribution in [0.4, 0.5) is 0 Å². The van der Waals surface area contributed by atoms with E-state index in [1.165, 1.54) is 24.0 Å². The maximum absolute atomic E-state index is 10.6. The molecule has 5 atom stereocenters. The van der Waals surface area contributed by atoms with Gasteiger partial charge in [-0.05, 0) is 65.4 Å². The first kappa shape index (κ1) is 16.3. The van der Waals surface area contributed by atoms with Crippen molar-refractivity contribution in [1.29, 1.82) is 0 Å². The molecular formula is C20H32O2. The molecule has 0 heterocycles. The Kier molecular flexibility index (Phi) is 4.06. The van der Waals surface area contributed by atoms with Crippen LogP contribution in [0.25, 0.3) is 0 Å². The van der Waals surface area contributed by atoms with Gasteiger partial charge in [0.2, 0.25) is 0 Å². The van der Waals surface area contributed by atoms with Crippen LogP contribution < -0.4 is 0 Å². The van der Waals surface area contributed by atoms with Gasteiger partial charge in [0.1, 0.15) is 0 Å². The van der Waals surface area contributed by atoms with Crippen molar-refractivity contribution in [3.63, 3.8) is 0 Å². The van der Waals surface area contributed by atoms with Gasteiger partial charge in [-0.25, -0.2) is 0 Å². The number of fused-ring (bicyclic) bond motifs is 3. The Morgan fingerprint density at radius 1 is 1.27 bits per heavy atom. The van der Waals surface area contributed by atoms with Gasteiger partial charge in [0, 0.05) is 6.61 Å². The lowest BCUT2D eigenvalue weighted by Crippen LogP contribution is -2.52. The second-order valence-corrected chi connectivity index (χ2v) is 8.77. The SMILES string of the molecule is CC(C)C1=CC2=CC[C@H]3[C@](C)(CO)CCC[C@]3(C)[C@H]2C[C@H]1O. The van der Waals surface area contributed by atoms with Crippen molar-refractivity contribution in [1.82, 2.24) is 0 Å². The Morgan fingerprint density at radius 3 is 2.64 bits per heavy atom. The minimum atomic E-state index is -0.292. The Hall–Kier alpha value is -0.600. The molecule has 2 heteroatoms. The standard InChI is InChI=1S/C20H32O2/c1-13(2)15-10-14-6-7-18-19(3,12-21)8-5-9-20(18,4)16(14)11-17(15)22/h6,10,13,16-18,21-22H,5,7-9,11-12H2,1-4H3/t16-,17+,18-,19-,20+/m0/s1. The van der Waals surface area contributed by atoms with E-state index in [4.69, 9.17) is 0 Å². The molecule has 0 saturated heterocycles. The van der Waals surface area contributed by atoms with Gasteiger partial charge >= 0.3 is 0 Å². The van der Waals surface area contributed by atoms with E-state index in [0.717, 1.165) is 19.3 Å². The average Bonchev–Trinajstić information content (AvgIpc) is 2.47. The van der Waals surface area contributed by atoms with Gasteiger partial charge in [0.15, 0.2) is 0 Å². The Bertz CT molecular complexity index is 504. The van der Waals surface area contributed by atoms with Gasteiger partial charge < -0.3 is 10.2 Å². The minimum absolute atomic E-state index is 0.0437. The largest absolute Gasteiger partial charge is 0.396 e. The molecule has 3 aliphatic rings. The van der Waals surface area contributed by atoms with E-state index in [-0.39, 0.29) is 16.9 Å². The lowest BCUT2D eigenvalue weighted by molar-refractivity contribution is -0.0795. The van der Waals surface area contributed by atoms with Crippen molar-refractivity contribution in [3.8, 4) is 0 Å². The monoisotopic (exact) mass is 304 g/mol. The van der Waals surface area contributed by atoms with E-state index in [0.29, 0.717) is 24.4 Å². The maximum atomic E-state index is 10.6. The Labute approximate surface area is 135 Å². The van der Waals surface area contributed by atoms with E-state index in [1.807, 2.05) is 0 Å². The molecule has 2 N–H and O–H groups in total. The highest BCUT2D eigenvalue weighted by Crippen LogP contribution is 2.61. The predicted octanol–water partition coefficient (Wildman–Crippen LogP) is 4.08. The summed E-state index contributed by atoms with van der Waals surface area (Å²) in [6.45, 7) is 9.32. The Balaban J connectivity index is 2.00. The average molecular weight is 304 g/mol. The van der Waals surface area contributed by atoms with E-state index in [2.05, 4.69) is 39.8 Å². The molecule has 0 spiro atoms. The van der Waals surface area contributed by atoms with Crippen LogP contribution in [0, 0.1) is 28.6 Å².